The molecule has 1 saturated carbocycles. The number of carbonyl (C=O) groups is 1. The van der Waals surface area contributed by atoms with Crippen LogP contribution in [0.3, 0.4) is 0 Å². The average Bonchev–Trinajstić information content (AvgIpc) is 2.61. The quantitative estimate of drug-likeness (QED) is 0.347. The molecule has 0 heterocycles. The molecule has 0 saturated heterocycles. The lowest BCUT2D eigenvalue weighted by Gasteiger charge is -2.39. The Morgan fingerprint density at radius 3 is 2.67 bits per heavy atom. The summed E-state index contributed by atoms with van der Waals surface area (Å²) in [4.78, 5) is 14.3. The van der Waals surface area contributed by atoms with Crippen LogP contribution in [0.15, 0.2) is 47.6 Å². The van der Waals surface area contributed by atoms with Gasteiger partial charge >= 0.3 is 5.97 Å². The van der Waals surface area contributed by atoms with Crippen molar-refractivity contribution in [1.82, 2.24) is 0 Å². The highest BCUT2D eigenvalue weighted by Gasteiger charge is 2.38. The molecule has 0 spiro atoms. The molecule has 124 valence electrons. The minimum absolute atomic E-state index is 0.0374. The molecule has 3 rings (SSSR count). The highest BCUT2D eigenvalue weighted by molar-refractivity contribution is 5.86. The monoisotopic (exact) mass is 323 g/mol. The fourth-order valence-electron chi connectivity index (χ4n) is 3.76. The maximum absolute atomic E-state index is 11.4. The second-order valence-corrected chi connectivity index (χ2v) is 6.52. The Morgan fingerprint density at radius 2 is 1.96 bits per heavy atom. The SMILES string of the molecule is CC(=O)OCC1(c2cccc3ccccc23)CCC(N=[N+]=[N-])CC1. The van der Waals surface area contributed by atoms with Gasteiger partial charge in [0.25, 0.3) is 0 Å². The summed E-state index contributed by atoms with van der Waals surface area (Å²) in [6.07, 6.45) is 3.32. The Bertz CT molecular complexity index is 783. The third-order valence-corrected chi connectivity index (χ3v) is 5.04. The fraction of sp³-hybridized carbons (Fsp3) is 0.421. The molecule has 5 heteroatoms. The van der Waals surface area contributed by atoms with Crippen LogP contribution >= 0.6 is 0 Å². The first kappa shape index (κ1) is 16.3. The second kappa shape index (κ2) is 6.93. The van der Waals surface area contributed by atoms with E-state index < -0.39 is 0 Å². The molecule has 0 aromatic heterocycles. The smallest absolute Gasteiger partial charge is 0.302 e. The lowest BCUT2D eigenvalue weighted by molar-refractivity contribution is -0.143. The first-order valence-electron chi connectivity index (χ1n) is 8.30. The van der Waals surface area contributed by atoms with Crippen LogP contribution in [0.25, 0.3) is 21.2 Å². The lowest BCUT2D eigenvalue weighted by atomic mass is 9.67. The van der Waals surface area contributed by atoms with Gasteiger partial charge in [-0.1, -0.05) is 47.6 Å². The number of esters is 1. The van der Waals surface area contributed by atoms with E-state index in [1.807, 2.05) is 12.1 Å². The molecular weight excluding hydrogens is 302 g/mol. The summed E-state index contributed by atoms with van der Waals surface area (Å²) < 4.78 is 5.44. The summed E-state index contributed by atoms with van der Waals surface area (Å²) in [5.74, 6) is -0.258. The molecule has 1 aliphatic carbocycles. The number of azide groups is 1. The van der Waals surface area contributed by atoms with Gasteiger partial charge in [-0.2, -0.15) is 0 Å². The van der Waals surface area contributed by atoms with Crippen LogP contribution in [-0.4, -0.2) is 18.6 Å². The van der Waals surface area contributed by atoms with Crippen molar-refractivity contribution in [3.8, 4) is 0 Å². The molecule has 2 aromatic carbocycles. The Morgan fingerprint density at radius 1 is 1.25 bits per heavy atom. The van der Waals surface area contributed by atoms with Gasteiger partial charge in [-0.05, 0) is 47.6 Å². The van der Waals surface area contributed by atoms with Crippen LogP contribution < -0.4 is 0 Å². The van der Waals surface area contributed by atoms with E-state index in [4.69, 9.17) is 10.3 Å². The Balaban J connectivity index is 2.01. The minimum atomic E-state index is -0.258. The first-order valence-corrected chi connectivity index (χ1v) is 8.30. The predicted molar refractivity (Wildman–Crippen MR) is 93.7 cm³/mol. The topological polar surface area (TPSA) is 75.1 Å². The predicted octanol–water partition coefficient (Wildman–Crippen LogP) is 4.89. The summed E-state index contributed by atoms with van der Waals surface area (Å²) >= 11 is 0. The molecule has 1 fully saturated rings. The third kappa shape index (κ3) is 3.22. The molecule has 1 aliphatic rings. The van der Waals surface area contributed by atoms with Crippen molar-refractivity contribution < 1.29 is 9.53 Å². The molecule has 0 amide bonds. The molecule has 0 aliphatic heterocycles. The van der Waals surface area contributed by atoms with Crippen LogP contribution in [0.4, 0.5) is 0 Å². The summed E-state index contributed by atoms with van der Waals surface area (Å²) in [6, 6.07) is 14.6. The molecule has 0 radical (unpaired) electrons. The van der Waals surface area contributed by atoms with Crippen molar-refractivity contribution in [2.45, 2.75) is 44.1 Å². The zero-order valence-corrected chi connectivity index (χ0v) is 13.8. The normalized spacial score (nSPS) is 23.5. The van der Waals surface area contributed by atoms with Crippen LogP contribution in [-0.2, 0) is 14.9 Å². The molecule has 0 atom stereocenters. The van der Waals surface area contributed by atoms with E-state index in [-0.39, 0.29) is 17.4 Å². The van der Waals surface area contributed by atoms with Gasteiger partial charge < -0.3 is 4.74 Å². The van der Waals surface area contributed by atoms with E-state index in [1.165, 1.54) is 23.3 Å². The zero-order chi connectivity index (χ0) is 17.0. The molecule has 2 aromatic rings. The molecule has 0 N–H and O–H groups in total. The van der Waals surface area contributed by atoms with Gasteiger partial charge in [0.15, 0.2) is 0 Å². The highest BCUT2D eigenvalue weighted by atomic mass is 16.5. The van der Waals surface area contributed by atoms with Gasteiger partial charge in [0.2, 0.25) is 0 Å². The third-order valence-electron chi connectivity index (χ3n) is 5.04. The standard InChI is InChI=1S/C19H21N3O2/c1-14(23)24-13-19(11-9-16(10-12-19)21-22-20)18-8-4-6-15-5-2-3-7-17(15)18/h2-8,16H,9-13H2,1H3. The van der Waals surface area contributed by atoms with E-state index in [2.05, 4.69) is 40.4 Å². The van der Waals surface area contributed by atoms with Gasteiger partial charge in [-0.15, -0.1) is 0 Å². The number of carbonyl (C=O) groups excluding carboxylic acids is 1. The van der Waals surface area contributed by atoms with Crippen molar-refractivity contribution in [1.29, 1.82) is 0 Å². The van der Waals surface area contributed by atoms with E-state index >= 15 is 0 Å². The zero-order valence-electron chi connectivity index (χ0n) is 13.8. The minimum Gasteiger partial charge on any atom is -0.465 e. The molecule has 0 bridgehead atoms. The van der Waals surface area contributed by atoms with Crippen molar-refractivity contribution in [2.24, 2.45) is 5.11 Å². The summed E-state index contributed by atoms with van der Waals surface area (Å²) in [6.45, 7) is 1.82. The highest BCUT2D eigenvalue weighted by Crippen LogP contribution is 2.43. The number of fused-ring (bicyclic) bond motifs is 1. The van der Waals surface area contributed by atoms with Crippen LogP contribution in [0.5, 0.6) is 0 Å². The van der Waals surface area contributed by atoms with Gasteiger partial charge in [0.05, 0.1) is 0 Å². The number of benzene rings is 2. The first-order chi connectivity index (χ1) is 11.6. The van der Waals surface area contributed by atoms with Gasteiger partial charge in [0, 0.05) is 23.3 Å². The van der Waals surface area contributed by atoms with E-state index in [0.717, 1.165) is 25.7 Å². The average molecular weight is 323 g/mol. The van der Waals surface area contributed by atoms with Crippen molar-refractivity contribution in [3.05, 3.63) is 58.5 Å². The largest absolute Gasteiger partial charge is 0.465 e. The number of rotatable bonds is 4. The molecule has 5 nitrogen and oxygen atoms in total. The number of hydrogen-bond acceptors (Lipinski definition) is 3. The van der Waals surface area contributed by atoms with E-state index in [1.54, 1.807) is 0 Å². The summed E-state index contributed by atoms with van der Waals surface area (Å²) in [5, 5.41) is 6.27. The van der Waals surface area contributed by atoms with Crippen molar-refractivity contribution in [2.75, 3.05) is 6.61 Å². The Labute approximate surface area is 141 Å². The van der Waals surface area contributed by atoms with Gasteiger partial charge in [-0.3, -0.25) is 4.79 Å². The summed E-state index contributed by atoms with van der Waals surface area (Å²) in [7, 11) is 0. The van der Waals surface area contributed by atoms with Crippen LogP contribution in [0.1, 0.15) is 38.2 Å². The van der Waals surface area contributed by atoms with Crippen LogP contribution in [0, 0.1) is 0 Å². The molecule has 0 unspecified atom stereocenters. The maximum Gasteiger partial charge on any atom is 0.302 e. The fourth-order valence-corrected chi connectivity index (χ4v) is 3.76. The maximum atomic E-state index is 11.4. The van der Waals surface area contributed by atoms with Crippen LogP contribution in [0.2, 0.25) is 0 Å². The van der Waals surface area contributed by atoms with E-state index in [0.29, 0.717) is 6.61 Å². The Kier molecular flexibility index (Phi) is 4.72. The van der Waals surface area contributed by atoms with Gasteiger partial charge in [-0.25, -0.2) is 0 Å². The summed E-state index contributed by atoms with van der Waals surface area (Å²) in [5.41, 5.74) is 9.68. The lowest BCUT2D eigenvalue weighted by Crippen LogP contribution is -2.38. The van der Waals surface area contributed by atoms with Crippen molar-refractivity contribution in [3.63, 3.8) is 0 Å². The Hall–Kier alpha value is -2.52. The second-order valence-electron chi connectivity index (χ2n) is 6.52. The number of hydrogen-bond donors (Lipinski definition) is 0. The number of nitrogens with zero attached hydrogens (tertiary/aromatic N) is 3. The van der Waals surface area contributed by atoms with E-state index in [9.17, 15) is 4.79 Å². The number of ether oxygens (including phenoxy) is 1. The van der Waals surface area contributed by atoms with Gasteiger partial charge in [0.1, 0.15) is 6.61 Å². The van der Waals surface area contributed by atoms with Crippen molar-refractivity contribution >= 4 is 16.7 Å². The molecular formula is C19H21N3O2. The molecule has 24 heavy (non-hydrogen) atoms.